The number of rotatable bonds is 4. The third-order valence-electron chi connectivity index (χ3n) is 7.57. The van der Waals surface area contributed by atoms with Crippen LogP contribution in [0.3, 0.4) is 0 Å². The summed E-state index contributed by atoms with van der Waals surface area (Å²) in [6.07, 6.45) is 0.804. The van der Waals surface area contributed by atoms with Crippen molar-refractivity contribution in [1.29, 1.82) is 0 Å². The van der Waals surface area contributed by atoms with Gasteiger partial charge in [0, 0.05) is 65.8 Å². The van der Waals surface area contributed by atoms with Gasteiger partial charge in [0.25, 0.3) is 0 Å². The highest BCUT2D eigenvalue weighted by Gasteiger charge is 2.45. The summed E-state index contributed by atoms with van der Waals surface area (Å²) in [5.74, 6) is 0. The van der Waals surface area contributed by atoms with Gasteiger partial charge in [0.15, 0.2) is 0 Å². The van der Waals surface area contributed by atoms with Gasteiger partial charge in [-0.05, 0) is 57.0 Å². The van der Waals surface area contributed by atoms with Crippen molar-refractivity contribution in [1.82, 2.24) is 9.80 Å². The Kier molecular flexibility index (Phi) is 6.79. The first-order chi connectivity index (χ1) is 17.6. The smallest absolute Gasteiger partial charge is 0.410 e. The van der Waals surface area contributed by atoms with Crippen LogP contribution in [0.1, 0.15) is 44.4 Å². The molecule has 2 aromatic carbocycles. The van der Waals surface area contributed by atoms with Gasteiger partial charge in [-0.3, -0.25) is 0 Å². The molecule has 3 heterocycles. The second-order valence-electron chi connectivity index (χ2n) is 11.5. The van der Waals surface area contributed by atoms with E-state index in [4.69, 9.17) is 26.8 Å². The molecule has 1 amide bonds. The van der Waals surface area contributed by atoms with Gasteiger partial charge in [0.1, 0.15) is 5.60 Å². The summed E-state index contributed by atoms with van der Waals surface area (Å²) in [4.78, 5) is 19.4. The van der Waals surface area contributed by atoms with E-state index in [1.807, 2.05) is 51.1 Å². The fraction of sp³-hybridized carbons (Fsp3) is 0.483. The van der Waals surface area contributed by atoms with E-state index in [0.29, 0.717) is 24.7 Å². The Morgan fingerprint density at radius 1 is 1.16 bits per heavy atom. The summed E-state index contributed by atoms with van der Waals surface area (Å²) >= 11 is 6.69. The number of nitrogens with two attached hydrogens (primary N) is 1. The maximum absolute atomic E-state index is 13.0. The summed E-state index contributed by atoms with van der Waals surface area (Å²) in [5, 5.41) is 0.667. The van der Waals surface area contributed by atoms with Gasteiger partial charge in [0.05, 0.1) is 19.3 Å². The quantitative estimate of drug-likeness (QED) is 0.539. The molecule has 1 spiro atoms. The molecule has 0 aliphatic carbocycles. The first-order valence-corrected chi connectivity index (χ1v) is 13.3. The Balaban J connectivity index is 1.45. The van der Waals surface area contributed by atoms with Crippen LogP contribution < -0.4 is 10.6 Å². The maximum atomic E-state index is 13.0. The van der Waals surface area contributed by atoms with E-state index in [0.717, 1.165) is 60.9 Å². The zero-order valence-electron chi connectivity index (χ0n) is 22.0. The van der Waals surface area contributed by atoms with Crippen molar-refractivity contribution >= 4 is 34.8 Å². The number of amides is 1. The molecule has 0 aromatic heterocycles. The second kappa shape index (κ2) is 9.76. The molecule has 1 atom stereocenters. The number of nitrogens with zero attached hydrogens (tertiary/aromatic N) is 3. The molecule has 3 aliphatic rings. The van der Waals surface area contributed by atoms with Crippen molar-refractivity contribution in [3.8, 4) is 0 Å². The van der Waals surface area contributed by atoms with Gasteiger partial charge in [-0.15, -0.1) is 0 Å². The van der Waals surface area contributed by atoms with E-state index >= 15 is 0 Å². The van der Waals surface area contributed by atoms with E-state index in [9.17, 15) is 4.79 Å². The molecule has 0 bridgehead atoms. The third kappa shape index (κ3) is 5.25. The molecular formula is C29H37ClN4O3. The van der Waals surface area contributed by atoms with Crippen molar-refractivity contribution in [3.05, 3.63) is 65.2 Å². The van der Waals surface area contributed by atoms with Crippen molar-refractivity contribution in [2.24, 2.45) is 5.41 Å². The van der Waals surface area contributed by atoms with Crippen LogP contribution in [0, 0.1) is 5.41 Å². The van der Waals surface area contributed by atoms with Crippen LogP contribution in [0.4, 0.5) is 16.2 Å². The Bertz CT molecular complexity index is 1190. The lowest BCUT2D eigenvalue weighted by Crippen LogP contribution is -2.51. The van der Waals surface area contributed by atoms with Crippen molar-refractivity contribution < 1.29 is 14.3 Å². The lowest BCUT2D eigenvalue weighted by molar-refractivity contribution is -0.0985. The maximum Gasteiger partial charge on any atom is 0.410 e. The van der Waals surface area contributed by atoms with Gasteiger partial charge in [0.2, 0.25) is 0 Å². The minimum absolute atomic E-state index is 0.169. The zero-order chi connectivity index (χ0) is 26.4. The number of benzene rings is 2. The van der Waals surface area contributed by atoms with Crippen LogP contribution in [0.5, 0.6) is 0 Å². The molecule has 3 fully saturated rings. The monoisotopic (exact) mass is 524 g/mol. The normalized spacial score (nSPS) is 21.2. The van der Waals surface area contributed by atoms with Crippen molar-refractivity contribution in [2.45, 2.75) is 38.8 Å². The lowest BCUT2D eigenvalue weighted by atomic mass is 9.85. The predicted molar refractivity (Wildman–Crippen MR) is 149 cm³/mol. The van der Waals surface area contributed by atoms with Crippen molar-refractivity contribution in [2.75, 3.05) is 56.6 Å². The summed E-state index contributed by atoms with van der Waals surface area (Å²) in [7, 11) is 0. The SMILES string of the molecule is C=C(c1ccc(N)cc1N1CCC2(COC2)C1)N1CCN(C(=O)OC(C)(C)C)CC1c1ccccc1Cl. The number of carbonyl (C=O) groups is 1. The van der Waals surface area contributed by atoms with E-state index in [-0.39, 0.29) is 17.6 Å². The third-order valence-corrected chi connectivity index (χ3v) is 7.92. The van der Waals surface area contributed by atoms with Gasteiger partial charge in [-0.1, -0.05) is 36.4 Å². The first kappa shape index (κ1) is 25.7. The summed E-state index contributed by atoms with van der Waals surface area (Å²) < 4.78 is 11.2. The number of carbonyl (C=O) groups excluding carboxylic acids is 1. The molecule has 1 unspecified atom stereocenters. The van der Waals surface area contributed by atoms with Crippen LogP contribution in [-0.2, 0) is 9.47 Å². The van der Waals surface area contributed by atoms with Gasteiger partial charge in [-0.25, -0.2) is 4.79 Å². The lowest BCUT2D eigenvalue weighted by Gasteiger charge is -2.44. The zero-order valence-corrected chi connectivity index (χ0v) is 22.8. The minimum Gasteiger partial charge on any atom is -0.444 e. The van der Waals surface area contributed by atoms with E-state index in [1.54, 1.807) is 4.90 Å². The highest BCUT2D eigenvalue weighted by Crippen LogP contribution is 2.43. The fourth-order valence-electron chi connectivity index (χ4n) is 5.59. The molecule has 37 heavy (non-hydrogen) atoms. The average Bonchev–Trinajstić information content (AvgIpc) is 3.29. The highest BCUT2D eigenvalue weighted by atomic mass is 35.5. The molecule has 2 N–H and O–H groups in total. The van der Waals surface area contributed by atoms with Crippen LogP contribution in [0.2, 0.25) is 5.02 Å². The molecule has 7 nitrogen and oxygen atoms in total. The minimum atomic E-state index is -0.560. The van der Waals surface area contributed by atoms with Crippen LogP contribution in [-0.4, -0.2) is 67.4 Å². The van der Waals surface area contributed by atoms with Crippen LogP contribution in [0.25, 0.3) is 5.70 Å². The van der Waals surface area contributed by atoms with E-state index in [1.165, 1.54) is 0 Å². The number of ether oxygens (including phenoxy) is 2. The number of hydrogen-bond donors (Lipinski definition) is 1. The molecule has 3 saturated heterocycles. The van der Waals surface area contributed by atoms with Gasteiger partial charge in [-0.2, -0.15) is 0 Å². The number of anilines is 2. The molecule has 198 valence electrons. The molecule has 8 heteroatoms. The molecular weight excluding hydrogens is 488 g/mol. The Labute approximate surface area is 224 Å². The van der Waals surface area contributed by atoms with Crippen LogP contribution >= 0.6 is 11.6 Å². The molecule has 5 rings (SSSR count). The fourth-order valence-corrected chi connectivity index (χ4v) is 5.85. The summed E-state index contributed by atoms with van der Waals surface area (Å²) in [6.45, 7) is 15.4. The Hall–Kier alpha value is -2.90. The molecule has 3 aliphatic heterocycles. The number of halogens is 1. The number of piperazine rings is 1. The highest BCUT2D eigenvalue weighted by molar-refractivity contribution is 6.31. The summed E-state index contributed by atoms with van der Waals surface area (Å²) in [5.41, 5.74) is 10.7. The van der Waals surface area contributed by atoms with Gasteiger partial charge < -0.3 is 29.9 Å². The summed E-state index contributed by atoms with van der Waals surface area (Å²) in [6, 6.07) is 13.7. The number of hydrogen-bond acceptors (Lipinski definition) is 6. The standard InChI is InChI=1S/C29H37ClN4O3/c1-20(22-10-9-21(31)15-25(22)33-12-11-29(17-33)18-36-19-29)34-14-13-32(27(35)37-28(2,3)4)16-26(34)23-7-5-6-8-24(23)30/h5-10,15,26H,1,11-14,16-19,31H2,2-4H3. The molecule has 2 aromatic rings. The topological polar surface area (TPSA) is 71.3 Å². The average molecular weight is 525 g/mol. The Morgan fingerprint density at radius 3 is 2.57 bits per heavy atom. The van der Waals surface area contributed by atoms with E-state index < -0.39 is 5.60 Å². The Morgan fingerprint density at radius 2 is 1.92 bits per heavy atom. The van der Waals surface area contributed by atoms with Gasteiger partial charge >= 0.3 is 6.09 Å². The number of nitrogen functional groups attached to an aromatic ring is 1. The first-order valence-electron chi connectivity index (χ1n) is 13.0. The van der Waals surface area contributed by atoms with Crippen molar-refractivity contribution in [3.63, 3.8) is 0 Å². The largest absolute Gasteiger partial charge is 0.444 e. The van der Waals surface area contributed by atoms with E-state index in [2.05, 4.69) is 28.5 Å². The predicted octanol–water partition coefficient (Wildman–Crippen LogP) is 5.41. The van der Waals surface area contributed by atoms with Crippen LogP contribution in [0.15, 0.2) is 49.0 Å². The second-order valence-corrected chi connectivity index (χ2v) is 12.0. The molecule has 0 saturated carbocycles. The molecule has 0 radical (unpaired) electrons.